The van der Waals surface area contributed by atoms with Gasteiger partial charge in [-0.25, -0.2) is 4.98 Å². The van der Waals surface area contributed by atoms with Gasteiger partial charge in [0.25, 0.3) is 5.91 Å². The van der Waals surface area contributed by atoms with Gasteiger partial charge in [-0.3, -0.25) is 9.69 Å². The van der Waals surface area contributed by atoms with Gasteiger partial charge in [-0.15, -0.1) is 11.3 Å². The number of aromatic nitrogens is 1. The first kappa shape index (κ1) is 17.3. The minimum absolute atomic E-state index is 0.0541. The normalized spacial score (nSPS) is 28.1. The maximum atomic E-state index is 12.7. The fraction of sp³-hybridized carbons (Fsp3) is 0.444. The molecule has 0 spiro atoms. The number of carbonyl (C=O) groups excluding carboxylic acids is 1. The molecule has 5 rings (SSSR count). The molecule has 1 aromatic heterocycles. The second kappa shape index (κ2) is 7.27. The number of hydrogen-bond acceptors (Lipinski definition) is 5. The van der Waals surface area contributed by atoms with Gasteiger partial charge in [0.05, 0.1) is 15.4 Å². The molecule has 0 radical (unpaired) electrons. The average molecular weight is 394 g/mol. The standard InChI is InChI=1S/C18H20ClN3OS2/c1-11-16(12-6-8-22(11)9-7-12)21-17(23)18-20-10-15(25-18)24-14-5-3-2-4-13(14)19/h2-5,10-12,16H,6-9H2,1H3,(H,21,23). The number of fused-ring (bicyclic) bond motifs is 3. The Hall–Kier alpha value is -1.08. The largest absolute Gasteiger partial charge is 0.345 e. The zero-order valence-corrected chi connectivity index (χ0v) is 16.3. The van der Waals surface area contributed by atoms with Crippen LogP contribution in [0.3, 0.4) is 0 Å². The third-order valence-corrected chi connectivity index (χ3v) is 7.82. The Kier molecular flexibility index (Phi) is 5.04. The van der Waals surface area contributed by atoms with Crippen LogP contribution in [0.25, 0.3) is 0 Å². The molecule has 0 aliphatic carbocycles. The third kappa shape index (κ3) is 3.58. The van der Waals surface area contributed by atoms with Gasteiger partial charge in [-0.05, 0) is 50.9 Å². The number of halogens is 1. The lowest BCUT2D eigenvalue weighted by Crippen LogP contribution is -2.62. The highest BCUT2D eigenvalue weighted by atomic mass is 35.5. The lowest BCUT2D eigenvalue weighted by atomic mass is 9.79. The number of thiazole rings is 1. The highest BCUT2D eigenvalue weighted by Gasteiger charge is 2.40. The molecule has 132 valence electrons. The summed E-state index contributed by atoms with van der Waals surface area (Å²) in [6.45, 7) is 4.54. The van der Waals surface area contributed by atoms with Crippen LogP contribution >= 0.6 is 34.7 Å². The van der Waals surface area contributed by atoms with Crippen LogP contribution in [-0.4, -0.2) is 41.0 Å². The van der Waals surface area contributed by atoms with Gasteiger partial charge in [0.1, 0.15) is 0 Å². The molecular weight excluding hydrogens is 374 g/mol. The molecule has 7 heteroatoms. The van der Waals surface area contributed by atoms with Crippen molar-refractivity contribution in [3.8, 4) is 0 Å². The Morgan fingerprint density at radius 1 is 1.36 bits per heavy atom. The molecule has 0 saturated carbocycles. The first-order valence-electron chi connectivity index (χ1n) is 8.55. The van der Waals surface area contributed by atoms with E-state index in [9.17, 15) is 4.79 Å². The fourth-order valence-corrected chi connectivity index (χ4v) is 5.92. The van der Waals surface area contributed by atoms with E-state index in [1.165, 1.54) is 24.2 Å². The highest BCUT2D eigenvalue weighted by molar-refractivity contribution is 8.01. The van der Waals surface area contributed by atoms with E-state index in [1.54, 1.807) is 18.0 Å². The lowest BCUT2D eigenvalue weighted by molar-refractivity contribution is 0.0217. The number of carbonyl (C=O) groups is 1. The summed E-state index contributed by atoms with van der Waals surface area (Å²) in [6, 6.07) is 8.35. The van der Waals surface area contributed by atoms with Gasteiger partial charge in [0.2, 0.25) is 0 Å². The highest BCUT2D eigenvalue weighted by Crippen LogP contribution is 2.36. The van der Waals surface area contributed by atoms with Crippen LogP contribution in [0.4, 0.5) is 0 Å². The minimum Gasteiger partial charge on any atom is -0.345 e. The summed E-state index contributed by atoms with van der Waals surface area (Å²) in [5, 5.41) is 4.48. The second-order valence-electron chi connectivity index (χ2n) is 6.63. The Bertz CT molecular complexity index is 771. The SMILES string of the molecule is CC1C(NC(=O)c2ncc(Sc3ccccc3Cl)s2)C2CCN1CC2. The summed E-state index contributed by atoms with van der Waals surface area (Å²) in [7, 11) is 0. The number of nitrogens with one attached hydrogen (secondary N) is 1. The van der Waals surface area contributed by atoms with Crippen LogP contribution in [0.2, 0.25) is 5.02 Å². The molecule has 3 aliphatic rings. The Morgan fingerprint density at radius 3 is 2.84 bits per heavy atom. The number of amides is 1. The molecule has 1 N–H and O–H groups in total. The topological polar surface area (TPSA) is 45.2 Å². The number of benzene rings is 1. The van der Waals surface area contributed by atoms with Crippen LogP contribution < -0.4 is 5.32 Å². The first-order chi connectivity index (χ1) is 12.1. The molecular formula is C18H20ClN3OS2. The number of nitrogens with zero attached hydrogens (tertiary/aromatic N) is 2. The molecule has 1 aromatic carbocycles. The molecule has 2 unspecified atom stereocenters. The van der Waals surface area contributed by atoms with Crippen molar-refractivity contribution in [1.82, 2.24) is 15.2 Å². The monoisotopic (exact) mass is 393 g/mol. The molecule has 2 atom stereocenters. The molecule has 3 fully saturated rings. The molecule has 4 heterocycles. The van der Waals surface area contributed by atoms with E-state index in [0.717, 1.165) is 22.2 Å². The average Bonchev–Trinajstić information content (AvgIpc) is 3.09. The van der Waals surface area contributed by atoms with Gasteiger partial charge in [0.15, 0.2) is 5.01 Å². The van der Waals surface area contributed by atoms with E-state index < -0.39 is 0 Å². The van der Waals surface area contributed by atoms with Crippen molar-refractivity contribution in [3.05, 3.63) is 40.5 Å². The maximum absolute atomic E-state index is 12.7. The summed E-state index contributed by atoms with van der Waals surface area (Å²) in [5.41, 5.74) is 0. The zero-order chi connectivity index (χ0) is 17.4. The predicted molar refractivity (Wildman–Crippen MR) is 103 cm³/mol. The first-order valence-corrected chi connectivity index (χ1v) is 10.6. The Morgan fingerprint density at radius 2 is 2.12 bits per heavy atom. The smallest absolute Gasteiger partial charge is 0.280 e. The van der Waals surface area contributed by atoms with Crippen LogP contribution in [0.5, 0.6) is 0 Å². The molecule has 1 amide bonds. The van der Waals surface area contributed by atoms with Crippen molar-refractivity contribution >= 4 is 40.6 Å². The van der Waals surface area contributed by atoms with Crippen LogP contribution in [0.15, 0.2) is 39.6 Å². The van der Waals surface area contributed by atoms with Gasteiger partial charge < -0.3 is 5.32 Å². The Labute approximate surface area is 161 Å². The van der Waals surface area contributed by atoms with Gasteiger partial charge in [-0.2, -0.15) is 0 Å². The molecule has 3 saturated heterocycles. The van der Waals surface area contributed by atoms with E-state index in [0.29, 0.717) is 22.0 Å². The predicted octanol–water partition coefficient (Wildman–Crippen LogP) is 4.16. The number of piperidine rings is 3. The van der Waals surface area contributed by atoms with E-state index in [4.69, 9.17) is 11.6 Å². The summed E-state index contributed by atoms with van der Waals surface area (Å²) >= 11 is 9.17. The summed E-state index contributed by atoms with van der Waals surface area (Å²) in [4.78, 5) is 20.4. The van der Waals surface area contributed by atoms with Crippen molar-refractivity contribution in [1.29, 1.82) is 0 Å². The van der Waals surface area contributed by atoms with Crippen LogP contribution in [0.1, 0.15) is 29.6 Å². The van der Waals surface area contributed by atoms with Crippen molar-refractivity contribution in [2.45, 2.75) is 41.0 Å². The number of hydrogen-bond donors (Lipinski definition) is 1. The lowest BCUT2D eigenvalue weighted by Gasteiger charge is -2.49. The minimum atomic E-state index is -0.0541. The van der Waals surface area contributed by atoms with Gasteiger partial charge >= 0.3 is 0 Å². The van der Waals surface area contributed by atoms with E-state index in [-0.39, 0.29) is 11.9 Å². The van der Waals surface area contributed by atoms with E-state index >= 15 is 0 Å². The quantitative estimate of drug-likeness (QED) is 0.847. The van der Waals surface area contributed by atoms with Gasteiger partial charge in [0, 0.05) is 17.0 Å². The molecule has 3 aliphatic heterocycles. The zero-order valence-electron chi connectivity index (χ0n) is 13.9. The summed E-state index contributed by atoms with van der Waals surface area (Å²) in [5.74, 6) is 0.544. The van der Waals surface area contributed by atoms with Crippen molar-refractivity contribution < 1.29 is 4.79 Å². The molecule has 25 heavy (non-hydrogen) atoms. The number of rotatable bonds is 4. The molecule has 2 aromatic rings. The molecule has 4 nitrogen and oxygen atoms in total. The van der Waals surface area contributed by atoms with Crippen LogP contribution in [-0.2, 0) is 0 Å². The van der Waals surface area contributed by atoms with Gasteiger partial charge in [-0.1, -0.05) is 35.5 Å². The van der Waals surface area contributed by atoms with E-state index in [1.807, 2.05) is 24.3 Å². The maximum Gasteiger partial charge on any atom is 0.280 e. The van der Waals surface area contributed by atoms with Crippen LogP contribution in [0, 0.1) is 5.92 Å². The summed E-state index contributed by atoms with van der Waals surface area (Å²) < 4.78 is 0.972. The third-order valence-electron chi connectivity index (χ3n) is 5.20. The summed E-state index contributed by atoms with van der Waals surface area (Å²) in [6.07, 6.45) is 4.12. The second-order valence-corrected chi connectivity index (χ2v) is 9.41. The molecule has 2 bridgehead atoms. The Balaban J connectivity index is 1.43. The van der Waals surface area contributed by atoms with E-state index in [2.05, 4.69) is 22.1 Å². The van der Waals surface area contributed by atoms with Crippen molar-refractivity contribution in [2.24, 2.45) is 5.92 Å². The van der Waals surface area contributed by atoms with Crippen molar-refractivity contribution in [2.75, 3.05) is 13.1 Å². The van der Waals surface area contributed by atoms with Crippen molar-refractivity contribution in [3.63, 3.8) is 0 Å². The fourth-order valence-electron chi connectivity index (χ4n) is 3.81.